The van der Waals surface area contributed by atoms with Crippen molar-refractivity contribution in [2.75, 3.05) is 15.6 Å². The highest BCUT2D eigenvalue weighted by atomic mass is 19.4. The molecule has 0 fully saturated rings. The maximum absolute atomic E-state index is 14.1. The molecule has 11 nitrogen and oxygen atoms in total. The number of aromatic nitrogens is 1. The molecule has 1 heterocycles. The Bertz CT molecular complexity index is 1660. The van der Waals surface area contributed by atoms with E-state index in [0.29, 0.717) is 34.9 Å². The molecule has 45 heavy (non-hydrogen) atoms. The zero-order chi connectivity index (χ0) is 34.1. The van der Waals surface area contributed by atoms with Gasteiger partial charge in [0, 0.05) is 17.4 Å². The molecule has 0 bridgehead atoms. The summed E-state index contributed by atoms with van der Waals surface area (Å²) in [5.41, 5.74) is -2.29. The number of anilines is 3. The van der Waals surface area contributed by atoms with Crippen LogP contribution in [0.5, 0.6) is 0 Å². The van der Waals surface area contributed by atoms with Crippen LogP contribution in [0.25, 0.3) is 11.1 Å². The van der Waals surface area contributed by atoms with Crippen LogP contribution in [0.15, 0.2) is 48.7 Å². The van der Waals surface area contributed by atoms with Crippen LogP contribution in [0.1, 0.15) is 58.2 Å². The lowest BCUT2D eigenvalue weighted by atomic mass is 9.81. The Morgan fingerprint density at radius 3 is 1.96 bits per heavy atom. The molecule has 238 valence electrons. The van der Waals surface area contributed by atoms with E-state index in [1.165, 1.54) is 30.5 Å². The van der Waals surface area contributed by atoms with Gasteiger partial charge in [0.1, 0.15) is 17.4 Å². The molecule has 0 unspecified atom stereocenters. The topological polar surface area (TPSA) is 159 Å². The van der Waals surface area contributed by atoms with Crippen molar-refractivity contribution in [2.24, 2.45) is 0 Å². The number of alkyl halides is 3. The molecule has 15 heteroatoms. The summed E-state index contributed by atoms with van der Waals surface area (Å²) in [5, 5.41) is 35.1. The number of carboxylic acid groups (broad SMARTS) is 2. The van der Waals surface area contributed by atoms with E-state index in [2.05, 4.69) is 10.3 Å². The highest BCUT2D eigenvalue weighted by Crippen LogP contribution is 2.40. The Morgan fingerprint density at radius 1 is 0.911 bits per heavy atom. The maximum atomic E-state index is 14.1. The lowest BCUT2D eigenvalue weighted by molar-refractivity contribution is -0.137. The molecule has 4 N–H and O–H groups in total. The summed E-state index contributed by atoms with van der Waals surface area (Å²) in [6.45, 7) is 10.2. The minimum Gasteiger partial charge on any atom is -0.463 e. The summed E-state index contributed by atoms with van der Waals surface area (Å²) in [5.74, 6) is -1.31. The SMILES string of the molecule is CC(C)(C)c1cnc(N(N(C(=O)O)C(=O)O)C(C)(C)C)c(C#N)c1-c1ccc(NC(=O)Nc2cc(C(F)(F)F)ccc2F)cc1. The van der Waals surface area contributed by atoms with E-state index in [0.717, 1.165) is 5.01 Å². The first-order chi connectivity index (χ1) is 20.7. The Kier molecular flexibility index (Phi) is 9.33. The number of nitrogens with one attached hydrogen (secondary N) is 2. The normalized spacial score (nSPS) is 11.8. The second-order valence-corrected chi connectivity index (χ2v) is 11.8. The van der Waals surface area contributed by atoms with Gasteiger partial charge in [0.15, 0.2) is 5.82 Å². The van der Waals surface area contributed by atoms with Gasteiger partial charge in [-0.3, -0.25) is 0 Å². The monoisotopic (exact) mass is 630 g/mol. The van der Waals surface area contributed by atoms with E-state index in [1.54, 1.807) is 20.8 Å². The molecular weight excluding hydrogens is 600 g/mol. The molecule has 0 aliphatic carbocycles. The molecule has 0 aliphatic heterocycles. The van der Waals surface area contributed by atoms with Gasteiger partial charge >= 0.3 is 24.4 Å². The van der Waals surface area contributed by atoms with Gasteiger partial charge in [-0.05, 0) is 67.6 Å². The quantitative estimate of drug-likeness (QED) is 0.164. The molecule has 0 spiro atoms. The molecular formula is C30H30F4N6O5. The van der Waals surface area contributed by atoms with Gasteiger partial charge in [0.25, 0.3) is 0 Å². The van der Waals surface area contributed by atoms with Crippen LogP contribution in [0.2, 0.25) is 0 Å². The molecule has 3 rings (SSSR count). The van der Waals surface area contributed by atoms with Crippen LogP contribution in [0.4, 0.5) is 49.1 Å². The molecule has 2 aromatic carbocycles. The summed E-state index contributed by atoms with van der Waals surface area (Å²) >= 11 is 0. The standard InChI is InChI=1S/C30H30F4N6O5/c1-28(2,3)20-15-36-24(40(29(4,5)6)39(26(42)43)27(44)45)19(14-35)23(20)16-7-10-18(11-8-16)37-25(41)38-22-13-17(30(32,33)34)9-12-21(22)31/h7-13,15H,1-6H3,(H,42,43)(H,44,45)(H2,37,38,41). The van der Waals surface area contributed by atoms with Gasteiger partial charge in [0.2, 0.25) is 0 Å². The molecule has 0 saturated carbocycles. The minimum atomic E-state index is -4.75. The molecule has 0 radical (unpaired) electrons. The average molecular weight is 631 g/mol. The summed E-state index contributed by atoms with van der Waals surface area (Å²) in [6, 6.07) is 8.50. The van der Waals surface area contributed by atoms with Crippen molar-refractivity contribution in [2.45, 2.75) is 58.7 Å². The fourth-order valence-corrected chi connectivity index (χ4v) is 4.40. The minimum absolute atomic E-state index is 0.0442. The molecule has 4 amide bonds. The van der Waals surface area contributed by atoms with E-state index >= 15 is 0 Å². The fourth-order valence-electron chi connectivity index (χ4n) is 4.40. The molecule has 3 aromatic rings. The van der Waals surface area contributed by atoms with Gasteiger partial charge in [-0.1, -0.05) is 32.9 Å². The van der Waals surface area contributed by atoms with E-state index in [1.807, 2.05) is 32.2 Å². The number of hydrogen-bond donors (Lipinski definition) is 4. The molecule has 0 atom stereocenters. The molecule has 0 saturated heterocycles. The van der Waals surface area contributed by atoms with Crippen molar-refractivity contribution in [3.05, 3.63) is 71.2 Å². The van der Waals surface area contributed by atoms with E-state index in [9.17, 15) is 47.4 Å². The summed E-state index contributed by atoms with van der Waals surface area (Å²) in [4.78, 5) is 40.8. The van der Waals surface area contributed by atoms with Crippen molar-refractivity contribution in [3.8, 4) is 17.2 Å². The van der Waals surface area contributed by atoms with Crippen molar-refractivity contribution in [1.82, 2.24) is 9.99 Å². The first-order valence-corrected chi connectivity index (χ1v) is 13.2. The number of carbonyl (C=O) groups is 3. The zero-order valence-electron chi connectivity index (χ0n) is 25.0. The largest absolute Gasteiger partial charge is 0.463 e. The first kappa shape index (κ1) is 34.1. The number of urea groups is 1. The third kappa shape index (κ3) is 7.58. The van der Waals surface area contributed by atoms with Crippen molar-refractivity contribution in [1.29, 1.82) is 5.26 Å². The van der Waals surface area contributed by atoms with Gasteiger partial charge in [0.05, 0.1) is 16.8 Å². The van der Waals surface area contributed by atoms with Gasteiger partial charge in [-0.2, -0.15) is 18.4 Å². The van der Waals surface area contributed by atoms with Crippen molar-refractivity contribution < 1.29 is 42.2 Å². The predicted molar refractivity (Wildman–Crippen MR) is 157 cm³/mol. The summed E-state index contributed by atoms with van der Waals surface area (Å²) in [7, 11) is 0. The van der Waals surface area contributed by atoms with E-state index in [-0.39, 0.29) is 22.1 Å². The van der Waals surface area contributed by atoms with Crippen LogP contribution in [-0.2, 0) is 11.6 Å². The smallest absolute Gasteiger partial charge is 0.436 e. The summed E-state index contributed by atoms with van der Waals surface area (Å²) in [6.07, 6.45) is -6.96. The third-order valence-electron chi connectivity index (χ3n) is 6.35. The number of pyridine rings is 1. The lowest BCUT2D eigenvalue weighted by Crippen LogP contribution is -2.58. The lowest BCUT2D eigenvalue weighted by Gasteiger charge is -2.41. The second kappa shape index (κ2) is 12.3. The number of imide groups is 1. The molecule has 1 aromatic heterocycles. The highest BCUT2D eigenvalue weighted by molar-refractivity contribution is 6.00. The number of rotatable bonds is 5. The number of nitriles is 1. The Balaban J connectivity index is 2.08. The maximum Gasteiger partial charge on any atom is 0.436 e. The predicted octanol–water partition coefficient (Wildman–Crippen LogP) is 7.90. The van der Waals surface area contributed by atoms with Crippen LogP contribution in [0.3, 0.4) is 0 Å². The van der Waals surface area contributed by atoms with Crippen molar-refractivity contribution in [3.63, 3.8) is 0 Å². The second-order valence-electron chi connectivity index (χ2n) is 11.8. The highest BCUT2D eigenvalue weighted by Gasteiger charge is 2.39. The number of hydrogen-bond acceptors (Lipinski definition) is 6. The average Bonchev–Trinajstić information content (AvgIpc) is 2.90. The van der Waals surface area contributed by atoms with Gasteiger partial charge in [-0.15, -0.1) is 5.01 Å². The number of nitrogens with zero attached hydrogens (tertiary/aromatic N) is 4. The Hall–Kier alpha value is -5.39. The van der Waals surface area contributed by atoms with Crippen LogP contribution in [0, 0.1) is 17.1 Å². The van der Waals surface area contributed by atoms with Crippen LogP contribution in [-0.4, -0.2) is 44.0 Å². The van der Waals surface area contributed by atoms with Crippen LogP contribution >= 0.6 is 0 Å². The number of carbonyl (C=O) groups excluding carboxylic acids is 1. The van der Waals surface area contributed by atoms with Gasteiger partial charge < -0.3 is 20.8 Å². The number of benzene rings is 2. The molecule has 0 aliphatic rings. The van der Waals surface area contributed by atoms with Crippen LogP contribution < -0.4 is 15.6 Å². The zero-order valence-corrected chi connectivity index (χ0v) is 25.0. The number of amides is 4. The van der Waals surface area contributed by atoms with Gasteiger partial charge in [-0.25, -0.2) is 28.8 Å². The third-order valence-corrected chi connectivity index (χ3v) is 6.35. The summed E-state index contributed by atoms with van der Waals surface area (Å²) < 4.78 is 53.2. The number of halogens is 4. The van der Waals surface area contributed by atoms with Crippen molar-refractivity contribution >= 4 is 35.4 Å². The van der Waals surface area contributed by atoms with E-state index in [4.69, 9.17) is 0 Å². The number of hydrazine groups is 1. The fraction of sp³-hybridized carbons (Fsp3) is 0.300. The first-order valence-electron chi connectivity index (χ1n) is 13.2. The Labute approximate surface area is 255 Å². The van der Waals surface area contributed by atoms with E-state index < -0.39 is 52.4 Å². The Morgan fingerprint density at radius 2 is 1.49 bits per heavy atom.